The Morgan fingerprint density at radius 3 is 2.00 bits per heavy atom. The van der Waals surface area contributed by atoms with Crippen molar-refractivity contribution in [2.45, 2.75) is 9.79 Å². The molecule has 0 amide bonds. The zero-order valence-corrected chi connectivity index (χ0v) is 16.7. The molecule has 10 heteroatoms. The van der Waals surface area contributed by atoms with Gasteiger partial charge in [-0.3, -0.25) is 9.03 Å². The standard InChI is InChI=1S/C19H16F2N2O4S2/c1-23(17-7-3-2-4-8-17)29(26,27)18-9-5-6-16(13-18)22-28(24,25)19-11-14(20)10-15(21)12-19/h2-13,22H,1H3. The first-order chi connectivity index (χ1) is 13.6. The monoisotopic (exact) mass is 438 g/mol. The number of anilines is 2. The predicted octanol–water partition coefficient (Wildman–Crippen LogP) is 3.59. The van der Waals surface area contributed by atoms with E-state index in [0.717, 1.165) is 10.4 Å². The second kappa shape index (κ2) is 7.80. The van der Waals surface area contributed by atoms with E-state index in [-0.39, 0.29) is 10.6 Å². The maximum atomic E-state index is 13.4. The molecule has 0 atom stereocenters. The van der Waals surface area contributed by atoms with Gasteiger partial charge in [0.2, 0.25) is 0 Å². The van der Waals surface area contributed by atoms with Crippen LogP contribution in [0.5, 0.6) is 0 Å². The Morgan fingerprint density at radius 1 is 0.759 bits per heavy atom. The summed E-state index contributed by atoms with van der Waals surface area (Å²) in [5, 5.41) is 0. The van der Waals surface area contributed by atoms with E-state index in [1.54, 1.807) is 30.3 Å². The lowest BCUT2D eigenvalue weighted by Crippen LogP contribution is -2.26. The second-order valence-electron chi connectivity index (χ2n) is 6.05. The van der Waals surface area contributed by atoms with Gasteiger partial charge in [-0.05, 0) is 42.5 Å². The average Bonchev–Trinajstić information content (AvgIpc) is 2.67. The van der Waals surface area contributed by atoms with Gasteiger partial charge in [0.15, 0.2) is 0 Å². The Kier molecular flexibility index (Phi) is 5.58. The zero-order valence-electron chi connectivity index (χ0n) is 15.1. The van der Waals surface area contributed by atoms with Crippen LogP contribution in [-0.2, 0) is 20.0 Å². The molecular weight excluding hydrogens is 422 g/mol. The highest BCUT2D eigenvalue weighted by Crippen LogP contribution is 2.25. The summed E-state index contributed by atoms with van der Waals surface area (Å²) >= 11 is 0. The largest absolute Gasteiger partial charge is 0.280 e. The van der Waals surface area contributed by atoms with Gasteiger partial charge in [0.25, 0.3) is 20.0 Å². The van der Waals surface area contributed by atoms with Gasteiger partial charge in [0, 0.05) is 13.1 Å². The number of halogens is 2. The Hall–Kier alpha value is -2.98. The first-order valence-electron chi connectivity index (χ1n) is 8.22. The van der Waals surface area contributed by atoms with E-state index in [1.165, 1.54) is 25.2 Å². The molecular formula is C19H16F2N2O4S2. The molecule has 3 rings (SSSR count). The molecule has 0 aliphatic rings. The molecule has 0 spiro atoms. The van der Waals surface area contributed by atoms with Crippen LogP contribution in [-0.4, -0.2) is 23.9 Å². The summed E-state index contributed by atoms with van der Waals surface area (Å²) in [6, 6.07) is 15.3. The van der Waals surface area contributed by atoms with Gasteiger partial charge in [-0.25, -0.2) is 25.6 Å². The third-order valence-electron chi connectivity index (χ3n) is 4.01. The minimum Gasteiger partial charge on any atom is -0.280 e. The molecule has 152 valence electrons. The molecule has 0 radical (unpaired) electrons. The van der Waals surface area contributed by atoms with Gasteiger partial charge in [-0.2, -0.15) is 0 Å². The van der Waals surface area contributed by atoms with Crippen molar-refractivity contribution in [2.24, 2.45) is 0 Å². The quantitative estimate of drug-likeness (QED) is 0.638. The van der Waals surface area contributed by atoms with E-state index in [1.807, 2.05) is 0 Å². The molecule has 1 N–H and O–H groups in total. The molecule has 0 unspecified atom stereocenters. The minimum atomic E-state index is -4.33. The van der Waals surface area contributed by atoms with Gasteiger partial charge >= 0.3 is 0 Å². The molecule has 0 aromatic heterocycles. The van der Waals surface area contributed by atoms with Crippen LogP contribution in [0.4, 0.5) is 20.2 Å². The van der Waals surface area contributed by atoms with Crippen LogP contribution in [0.15, 0.2) is 82.6 Å². The Morgan fingerprint density at radius 2 is 1.38 bits per heavy atom. The molecule has 6 nitrogen and oxygen atoms in total. The van der Waals surface area contributed by atoms with Gasteiger partial charge in [0.1, 0.15) is 11.6 Å². The fraction of sp³-hybridized carbons (Fsp3) is 0.0526. The van der Waals surface area contributed by atoms with Crippen molar-refractivity contribution >= 4 is 31.4 Å². The summed E-state index contributed by atoms with van der Waals surface area (Å²) in [5.74, 6) is -2.10. The van der Waals surface area contributed by atoms with Crippen LogP contribution < -0.4 is 9.03 Å². The first kappa shape index (κ1) is 20.7. The normalized spacial score (nSPS) is 11.8. The lowest BCUT2D eigenvalue weighted by molar-refractivity contribution is 0.568. The van der Waals surface area contributed by atoms with Crippen LogP contribution >= 0.6 is 0 Å². The van der Waals surface area contributed by atoms with E-state index in [9.17, 15) is 25.6 Å². The summed E-state index contributed by atoms with van der Waals surface area (Å²) in [7, 11) is -6.93. The Balaban J connectivity index is 1.93. The molecule has 0 aliphatic heterocycles. The van der Waals surface area contributed by atoms with Gasteiger partial charge in [-0.15, -0.1) is 0 Å². The van der Waals surface area contributed by atoms with Crippen molar-refractivity contribution in [3.63, 3.8) is 0 Å². The summed E-state index contributed by atoms with van der Waals surface area (Å²) in [6.45, 7) is 0. The second-order valence-corrected chi connectivity index (χ2v) is 9.70. The number of hydrogen-bond donors (Lipinski definition) is 1. The Labute approximate surface area is 167 Å². The smallest absolute Gasteiger partial charge is 0.264 e. The highest BCUT2D eigenvalue weighted by atomic mass is 32.2. The van der Waals surface area contributed by atoms with Crippen LogP contribution in [0, 0.1) is 11.6 Å². The molecule has 3 aromatic carbocycles. The van der Waals surface area contributed by atoms with E-state index < -0.39 is 36.6 Å². The number of para-hydroxylation sites is 1. The molecule has 0 heterocycles. The lowest BCUT2D eigenvalue weighted by atomic mass is 10.3. The molecule has 0 aliphatic carbocycles. The van der Waals surface area contributed by atoms with Crippen molar-refractivity contribution in [1.29, 1.82) is 0 Å². The van der Waals surface area contributed by atoms with E-state index in [4.69, 9.17) is 0 Å². The maximum Gasteiger partial charge on any atom is 0.264 e. The van der Waals surface area contributed by atoms with Gasteiger partial charge in [-0.1, -0.05) is 24.3 Å². The Bertz CT molecular complexity index is 1230. The van der Waals surface area contributed by atoms with E-state index in [0.29, 0.717) is 23.9 Å². The number of nitrogens with zero attached hydrogens (tertiary/aromatic N) is 1. The SMILES string of the molecule is CN(c1ccccc1)S(=O)(=O)c1cccc(NS(=O)(=O)c2cc(F)cc(F)c2)c1. The molecule has 0 bridgehead atoms. The highest BCUT2D eigenvalue weighted by Gasteiger charge is 2.23. The number of rotatable bonds is 6. The molecule has 0 saturated heterocycles. The van der Waals surface area contributed by atoms with Crippen molar-refractivity contribution in [2.75, 3.05) is 16.1 Å². The lowest BCUT2D eigenvalue weighted by Gasteiger charge is -2.20. The van der Waals surface area contributed by atoms with Gasteiger partial charge in [0.05, 0.1) is 21.2 Å². The fourth-order valence-electron chi connectivity index (χ4n) is 2.55. The predicted molar refractivity (Wildman–Crippen MR) is 106 cm³/mol. The average molecular weight is 438 g/mol. The summed E-state index contributed by atoms with van der Waals surface area (Å²) < 4.78 is 80.4. The van der Waals surface area contributed by atoms with Crippen LogP contribution in [0.2, 0.25) is 0 Å². The van der Waals surface area contributed by atoms with Crippen LogP contribution in [0.1, 0.15) is 0 Å². The first-order valence-corrected chi connectivity index (χ1v) is 11.1. The number of benzene rings is 3. The van der Waals surface area contributed by atoms with Crippen molar-refractivity contribution < 1.29 is 25.6 Å². The number of hydrogen-bond acceptors (Lipinski definition) is 4. The number of nitrogens with one attached hydrogen (secondary N) is 1. The summed E-state index contributed by atoms with van der Waals surface area (Å²) in [4.78, 5) is -0.779. The van der Waals surface area contributed by atoms with Crippen molar-refractivity contribution in [3.8, 4) is 0 Å². The molecule has 3 aromatic rings. The maximum absolute atomic E-state index is 13.4. The van der Waals surface area contributed by atoms with E-state index >= 15 is 0 Å². The van der Waals surface area contributed by atoms with Crippen molar-refractivity contribution in [1.82, 2.24) is 0 Å². The zero-order chi connectivity index (χ0) is 21.2. The molecule has 29 heavy (non-hydrogen) atoms. The topological polar surface area (TPSA) is 83.6 Å². The highest BCUT2D eigenvalue weighted by molar-refractivity contribution is 7.93. The van der Waals surface area contributed by atoms with Gasteiger partial charge < -0.3 is 0 Å². The molecule has 0 saturated carbocycles. The van der Waals surface area contributed by atoms with Crippen LogP contribution in [0.3, 0.4) is 0 Å². The third-order valence-corrected chi connectivity index (χ3v) is 7.15. The fourth-order valence-corrected chi connectivity index (χ4v) is 4.89. The summed E-state index contributed by atoms with van der Waals surface area (Å²) in [6.07, 6.45) is 0. The minimum absolute atomic E-state index is 0.0720. The van der Waals surface area contributed by atoms with E-state index in [2.05, 4.69) is 4.72 Å². The summed E-state index contributed by atoms with van der Waals surface area (Å²) in [5.41, 5.74) is 0.353. The molecule has 0 fully saturated rings. The van der Waals surface area contributed by atoms with Crippen LogP contribution in [0.25, 0.3) is 0 Å². The van der Waals surface area contributed by atoms with Crippen molar-refractivity contribution in [3.05, 3.63) is 84.4 Å². The third kappa shape index (κ3) is 4.54. The number of sulfonamides is 2.